The summed E-state index contributed by atoms with van der Waals surface area (Å²) < 4.78 is 2.50. The number of hydrogen-bond donors (Lipinski definition) is 0. The molecule has 1 heterocycles. The summed E-state index contributed by atoms with van der Waals surface area (Å²) in [5.74, 6) is 0. The Labute approximate surface area is 294 Å². The molecule has 1 nitrogen and oxygen atoms in total. The van der Waals surface area contributed by atoms with E-state index in [0.29, 0.717) is 0 Å². The first-order valence-electron chi connectivity index (χ1n) is 17.8. The van der Waals surface area contributed by atoms with Gasteiger partial charge in [0.15, 0.2) is 0 Å². The van der Waals surface area contributed by atoms with Crippen LogP contribution in [-0.4, -0.2) is 4.57 Å². The first-order chi connectivity index (χ1) is 25.3. The van der Waals surface area contributed by atoms with Crippen LogP contribution in [0.25, 0.3) is 115 Å². The monoisotopic (exact) mass is 643 g/mol. The van der Waals surface area contributed by atoms with Gasteiger partial charge < -0.3 is 4.57 Å². The van der Waals surface area contributed by atoms with Crippen LogP contribution in [0, 0.1) is 0 Å². The van der Waals surface area contributed by atoms with E-state index >= 15 is 0 Å². The highest BCUT2D eigenvalue weighted by Crippen LogP contribution is 2.49. The van der Waals surface area contributed by atoms with Gasteiger partial charge in [-0.05, 0) is 118 Å². The third kappa shape index (κ3) is 3.65. The van der Waals surface area contributed by atoms with Crippen molar-refractivity contribution < 1.29 is 0 Å². The maximum absolute atomic E-state index is 2.50. The van der Waals surface area contributed by atoms with Gasteiger partial charge in [0.1, 0.15) is 0 Å². The molecule has 1 aliphatic rings. The second kappa shape index (κ2) is 9.94. The molecular formula is C50H29N. The lowest BCUT2D eigenvalue weighted by atomic mass is 9.93. The third-order valence-electron chi connectivity index (χ3n) is 11.4. The van der Waals surface area contributed by atoms with Crippen molar-refractivity contribution in [2.45, 2.75) is 0 Å². The second-order valence-corrected chi connectivity index (χ2v) is 14.1. The minimum absolute atomic E-state index is 1.18. The lowest BCUT2D eigenvalue weighted by Gasteiger charge is -2.14. The number of rotatable bonds is 2. The zero-order valence-corrected chi connectivity index (χ0v) is 27.7. The zero-order chi connectivity index (χ0) is 33.2. The molecule has 1 heteroatoms. The van der Waals surface area contributed by atoms with E-state index < -0.39 is 0 Å². The molecule has 0 bridgehead atoms. The molecule has 0 saturated heterocycles. The van der Waals surface area contributed by atoms with Crippen LogP contribution in [0.4, 0.5) is 0 Å². The van der Waals surface area contributed by atoms with Crippen molar-refractivity contribution in [1.29, 1.82) is 0 Å². The summed E-state index contributed by atoms with van der Waals surface area (Å²) in [6.45, 7) is 0. The highest BCUT2D eigenvalue weighted by molar-refractivity contribution is 6.36. The molecule has 0 N–H and O–H groups in total. The molecule has 0 aliphatic heterocycles. The summed E-state index contributed by atoms with van der Waals surface area (Å²) >= 11 is 0. The van der Waals surface area contributed by atoms with E-state index in [-0.39, 0.29) is 0 Å². The predicted molar refractivity (Wildman–Crippen MR) is 218 cm³/mol. The van der Waals surface area contributed by atoms with Crippen molar-refractivity contribution in [2.24, 2.45) is 0 Å². The van der Waals surface area contributed by atoms with Gasteiger partial charge in [0.2, 0.25) is 0 Å². The second-order valence-electron chi connectivity index (χ2n) is 14.1. The SMILES string of the molecule is c1ccc2c(c1)-c1cccc3cc(-c4ccc5cc(-n6c7ccccc7c7c8ccc9ccccc9c8c8ccccc8c76)ccc5c4)cc-2c13. The van der Waals surface area contributed by atoms with Gasteiger partial charge in [0.25, 0.3) is 0 Å². The van der Waals surface area contributed by atoms with Gasteiger partial charge in [-0.2, -0.15) is 0 Å². The molecule has 0 spiro atoms. The lowest BCUT2D eigenvalue weighted by Crippen LogP contribution is -1.95. The lowest BCUT2D eigenvalue weighted by molar-refractivity contribution is 1.19. The smallest absolute Gasteiger partial charge is 0.0625 e. The van der Waals surface area contributed by atoms with E-state index in [1.54, 1.807) is 0 Å². The predicted octanol–water partition coefficient (Wildman–Crippen LogP) is 13.9. The molecule has 234 valence electrons. The molecule has 11 aromatic rings. The third-order valence-corrected chi connectivity index (χ3v) is 11.4. The van der Waals surface area contributed by atoms with E-state index in [2.05, 4.69) is 180 Å². The molecule has 1 aliphatic carbocycles. The molecule has 1 aromatic heterocycles. The normalized spacial score (nSPS) is 12.3. The molecule has 0 amide bonds. The summed E-state index contributed by atoms with van der Waals surface area (Å²) in [5, 5.41) is 15.5. The van der Waals surface area contributed by atoms with Crippen LogP contribution in [0.15, 0.2) is 176 Å². The average Bonchev–Trinajstić information content (AvgIpc) is 3.72. The van der Waals surface area contributed by atoms with Crippen molar-refractivity contribution in [1.82, 2.24) is 4.57 Å². The summed E-state index contributed by atoms with van der Waals surface area (Å²) in [5.41, 5.74) is 11.5. The fourth-order valence-electron chi connectivity index (χ4n) is 9.25. The quantitative estimate of drug-likeness (QED) is 0.165. The Morgan fingerprint density at radius 2 is 0.941 bits per heavy atom. The molecule has 0 radical (unpaired) electrons. The Morgan fingerprint density at radius 1 is 0.294 bits per heavy atom. The minimum Gasteiger partial charge on any atom is -0.309 e. The highest BCUT2D eigenvalue weighted by Gasteiger charge is 2.22. The minimum atomic E-state index is 1.18. The first-order valence-corrected chi connectivity index (χ1v) is 17.8. The van der Waals surface area contributed by atoms with E-state index in [1.807, 2.05) is 0 Å². The van der Waals surface area contributed by atoms with Crippen LogP contribution >= 0.6 is 0 Å². The summed E-state index contributed by atoms with van der Waals surface area (Å²) in [7, 11) is 0. The average molecular weight is 644 g/mol. The topological polar surface area (TPSA) is 4.93 Å². The highest BCUT2D eigenvalue weighted by atomic mass is 15.0. The Hall–Kier alpha value is -6.70. The maximum Gasteiger partial charge on any atom is 0.0625 e. The molecular weight excluding hydrogens is 615 g/mol. The molecule has 12 rings (SSSR count). The molecule has 0 unspecified atom stereocenters. The van der Waals surface area contributed by atoms with Crippen molar-refractivity contribution in [2.75, 3.05) is 0 Å². The van der Waals surface area contributed by atoms with E-state index in [4.69, 9.17) is 0 Å². The number of para-hydroxylation sites is 1. The van der Waals surface area contributed by atoms with Gasteiger partial charge in [-0.1, -0.05) is 140 Å². The fraction of sp³-hybridized carbons (Fsp3) is 0. The van der Waals surface area contributed by atoms with Gasteiger partial charge in [-0.25, -0.2) is 0 Å². The van der Waals surface area contributed by atoms with Gasteiger partial charge in [-0.15, -0.1) is 0 Å². The first kappa shape index (κ1) is 27.2. The van der Waals surface area contributed by atoms with Crippen LogP contribution in [0.1, 0.15) is 0 Å². The van der Waals surface area contributed by atoms with Crippen molar-refractivity contribution in [3.63, 3.8) is 0 Å². The fourth-order valence-corrected chi connectivity index (χ4v) is 9.25. The van der Waals surface area contributed by atoms with Crippen LogP contribution in [0.3, 0.4) is 0 Å². The van der Waals surface area contributed by atoms with Crippen LogP contribution in [-0.2, 0) is 0 Å². The number of nitrogens with zero attached hydrogens (tertiary/aromatic N) is 1. The molecule has 10 aromatic carbocycles. The van der Waals surface area contributed by atoms with Gasteiger partial charge in [0.05, 0.1) is 11.0 Å². The number of aromatic nitrogens is 1. The molecule has 0 atom stereocenters. The number of benzene rings is 10. The van der Waals surface area contributed by atoms with Crippen LogP contribution in [0.2, 0.25) is 0 Å². The van der Waals surface area contributed by atoms with Crippen LogP contribution < -0.4 is 0 Å². The maximum atomic E-state index is 2.50. The molecule has 0 fully saturated rings. The zero-order valence-electron chi connectivity index (χ0n) is 27.7. The van der Waals surface area contributed by atoms with E-state index in [9.17, 15) is 0 Å². The van der Waals surface area contributed by atoms with Crippen LogP contribution in [0.5, 0.6) is 0 Å². The van der Waals surface area contributed by atoms with Gasteiger partial charge >= 0.3 is 0 Å². The largest absolute Gasteiger partial charge is 0.309 e. The summed E-state index contributed by atoms with van der Waals surface area (Å²) in [6, 6.07) is 65.5. The van der Waals surface area contributed by atoms with Gasteiger partial charge in [-0.3, -0.25) is 0 Å². The Kier molecular flexibility index (Phi) is 5.29. The number of fused-ring (bicyclic) bond motifs is 14. The molecule has 51 heavy (non-hydrogen) atoms. The number of hydrogen-bond acceptors (Lipinski definition) is 0. The van der Waals surface area contributed by atoms with Crippen molar-refractivity contribution >= 4 is 75.7 Å². The van der Waals surface area contributed by atoms with E-state index in [1.165, 1.54) is 115 Å². The van der Waals surface area contributed by atoms with Gasteiger partial charge in [0, 0.05) is 21.8 Å². The van der Waals surface area contributed by atoms with Crippen molar-refractivity contribution in [3.8, 4) is 39.1 Å². The summed E-state index contributed by atoms with van der Waals surface area (Å²) in [6.07, 6.45) is 0. The molecule has 0 saturated carbocycles. The van der Waals surface area contributed by atoms with E-state index in [0.717, 1.165) is 0 Å². The Morgan fingerprint density at radius 3 is 1.84 bits per heavy atom. The van der Waals surface area contributed by atoms with Crippen molar-refractivity contribution in [3.05, 3.63) is 176 Å². The standard InChI is InChI=1S/C50H29N/c1-2-12-37-30(10-1)23-25-44-48(37)41-15-5-6-16-42(41)50-49(44)43-17-7-8-19-46(43)51(50)36-24-22-31-26-32(20-21-33(31)28-36)35-27-34-11-9-18-40-38-13-3-4-14-39(38)45(29-35)47(34)40/h1-29H. The summed E-state index contributed by atoms with van der Waals surface area (Å²) in [4.78, 5) is 0. The Bertz CT molecular complexity index is 3300. The Balaban J connectivity index is 1.08.